The molecule has 0 amide bonds. The first-order valence-corrected chi connectivity index (χ1v) is 15.7. The van der Waals surface area contributed by atoms with Gasteiger partial charge in [0.05, 0.1) is 0 Å². The fourth-order valence-electron chi connectivity index (χ4n) is 12.3. The van der Waals surface area contributed by atoms with Gasteiger partial charge in [-0.15, -0.1) is 6.08 Å². The van der Waals surface area contributed by atoms with E-state index in [1.807, 2.05) is 19.4 Å². The summed E-state index contributed by atoms with van der Waals surface area (Å²) >= 11 is 0. The molecule has 5 fully saturated rings. The number of hydrogen-bond acceptors (Lipinski definition) is 0. The normalized spacial score (nSPS) is 50.1. The zero-order valence-corrected chi connectivity index (χ0v) is 27.4. The summed E-state index contributed by atoms with van der Waals surface area (Å²) < 4.78 is 0. The average molecular weight is 555 g/mol. The Labute approximate surface area is 244 Å². The number of hydrogen-bond donors (Lipinski definition) is 0. The van der Waals surface area contributed by atoms with E-state index in [1.165, 1.54) is 57.8 Å². The SMILES string of the molecule is CC.CC12CCCC1C1CCC3C(C)(CCC4C(C)(C)C(C5=CC[CH-]CC5)CCC43C)C1CC2.[Y]. The molecule has 1 heteroatoms. The number of rotatable bonds is 1. The van der Waals surface area contributed by atoms with Crippen LogP contribution in [0.2, 0.25) is 0 Å². The van der Waals surface area contributed by atoms with E-state index in [9.17, 15) is 0 Å². The molecule has 6 aliphatic rings. The summed E-state index contributed by atoms with van der Waals surface area (Å²) in [6.07, 6.45) is 25.9. The van der Waals surface area contributed by atoms with E-state index < -0.39 is 0 Å². The maximum absolute atomic E-state index is 2.81. The minimum absolute atomic E-state index is 0. The van der Waals surface area contributed by atoms with Crippen LogP contribution in [0.5, 0.6) is 0 Å². The molecular weight excluding hydrogens is 497 g/mol. The first-order valence-electron chi connectivity index (χ1n) is 15.7. The molecule has 1 radical (unpaired) electrons. The Bertz CT molecular complexity index is 779. The molecule has 35 heavy (non-hydrogen) atoms. The molecule has 6 rings (SSSR count). The summed E-state index contributed by atoms with van der Waals surface area (Å²) in [4.78, 5) is 0. The van der Waals surface area contributed by atoms with Crippen LogP contribution < -0.4 is 0 Å². The van der Waals surface area contributed by atoms with Gasteiger partial charge in [0.1, 0.15) is 0 Å². The topological polar surface area (TPSA) is 0 Å². The minimum atomic E-state index is 0. The molecule has 0 heterocycles. The maximum Gasteiger partial charge on any atom is 0 e. The predicted molar refractivity (Wildman–Crippen MR) is 147 cm³/mol. The zero-order chi connectivity index (χ0) is 24.4. The van der Waals surface area contributed by atoms with Gasteiger partial charge in [-0.3, -0.25) is 0 Å². The van der Waals surface area contributed by atoms with Crippen LogP contribution in [0.1, 0.15) is 138 Å². The first-order chi connectivity index (χ1) is 16.2. The molecule has 0 bridgehead atoms. The van der Waals surface area contributed by atoms with Crippen molar-refractivity contribution in [2.75, 3.05) is 0 Å². The number of fused-ring (bicyclic) bond motifs is 7. The van der Waals surface area contributed by atoms with E-state index in [4.69, 9.17) is 0 Å². The molecule has 0 aromatic heterocycles. The van der Waals surface area contributed by atoms with Gasteiger partial charge < -0.3 is 6.42 Å². The molecule has 9 unspecified atom stereocenters. The molecule has 0 saturated heterocycles. The number of allylic oxidation sites excluding steroid dienone is 2. The van der Waals surface area contributed by atoms with Crippen LogP contribution in [0, 0.1) is 63.6 Å². The van der Waals surface area contributed by atoms with Gasteiger partial charge >= 0.3 is 0 Å². The molecule has 197 valence electrons. The van der Waals surface area contributed by atoms with Crippen LogP contribution in [0.15, 0.2) is 11.6 Å². The fourth-order valence-corrected chi connectivity index (χ4v) is 12.3. The third kappa shape index (κ3) is 4.36. The second kappa shape index (κ2) is 10.4. The van der Waals surface area contributed by atoms with Crippen molar-refractivity contribution < 1.29 is 32.7 Å². The average Bonchev–Trinajstić information content (AvgIpc) is 3.22. The second-order valence-corrected chi connectivity index (χ2v) is 14.9. The van der Waals surface area contributed by atoms with Crippen molar-refractivity contribution >= 4 is 0 Å². The van der Waals surface area contributed by atoms with Gasteiger partial charge in [0.2, 0.25) is 0 Å². The quantitative estimate of drug-likeness (QED) is 0.223. The molecule has 0 N–H and O–H groups in total. The van der Waals surface area contributed by atoms with Crippen molar-refractivity contribution in [2.24, 2.45) is 57.2 Å². The van der Waals surface area contributed by atoms with E-state index in [0.717, 1.165) is 35.5 Å². The van der Waals surface area contributed by atoms with Crippen LogP contribution in [0.3, 0.4) is 0 Å². The molecule has 0 spiro atoms. The van der Waals surface area contributed by atoms with E-state index >= 15 is 0 Å². The maximum atomic E-state index is 2.81. The van der Waals surface area contributed by atoms with E-state index in [1.54, 1.807) is 32.1 Å². The zero-order valence-electron chi connectivity index (χ0n) is 24.6. The molecule has 9 atom stereocenters. The molecule has 6 aliphatic carbocycles. The van der Waals surface area contributed by atoms with Crippen LogP contribution in [0.25, 0.3) is 0 Å². The van der Waals surface area contributed by atoms with E-state index in [0.29, 0.717) is 21.7 Å². The van der Waals surface area contributed by atoms with Gasteiger partial charge in [0.15, 0.2) is 0 Å². The fraction of sp³-hybridized carbons (Fsp3) is 0.912. The Kier molecular flexibility index (Phi) is 8.60. The Hall–Kier alpha value is 0.844. The molecule has 0 aliphatic heterocycles. The smallest absolute Gasteiger partial charge is 0 e. The molecule has 0 aromatic carbocycles. The van der Waals surface area contributed by atoms with Crippen LogP contribution in [0.4, 0.5) is 0 Å². The van der Waals surface area contributed by atoms with Crippen molar-refractivity contribution in [1.29, 1.82) is 0 Å². The van der Waals surface area contributed by atoms with E-state index in [2.05, 4.69) is 47.1 Å². The van der Waals surface area contributed by atoms with Crippen molar-refractivity contribution in [2.45, 2.75) is 138 Å². The standard InChI is InChI=1S/C32H51.C2H6.Y/c1-29(2)24(22-10-7-6-8-11-22)16-20-32(5)27(29)17-21-31(4)26-15-19-30(3)18-9-12-25(30)23(26)13-14-28(31)32;1-2;/h6,10,23-28H,7-9,11-21H2,1-5H3;1-2H3;/q-1;;. The summed E-state index contributed by atoms with van der Waals surface area (Å²) in [6, 6.07) is 0. The van der Waals surface area contributed by atoms with Gasteiger partial charge in [-0.1, -0.05) is 66.9 Å². The van der Waals surface area contributed by atoms with E-state index in [-0.39, 0.29) is 32.7 Å². The third-order valence-corrected chi connectivity index (χ3v) is 13.6. The summed E-state index contributed by atoms with van der Waals surface area (Å²) in [5.41, 5.74) is 4.22. The monoisotopic (exact) mass is 554 g/mol. The van der Waals surface area contributed by atoms with Crippen molar-refractivity contribution in [3.63, 3.8) is 0 Å². The summed E-state index contributed by atoms with van der Waals surface area (Å²) in [5.74, 6) is 5.92. The minimum Gasteiger partial charge on any atom is -0.325 e. The van der Waals surface area contributed by atoms with Gasteiger partial charge in [0.25, 0.3) is 0 Å². The largest absolute Gasteiger partial charge is 0.325 e. The van der Waals surface area contributed by atoms with Crippen LogP contribution in [-0.2, 0) is 32.7 Å². The van der Waals surface area contributed by atoms with Crippen molar-refractivity contribution in [1.82, 2.24) is 0 Å². The van der Waals surface area contributed by atoms with Gasteiger partial charge in [0, 0.05) is 32.7 Å². The van der Waals surface area contributed by atoms with Crippen LogP contribution in [-0.4, -0.2) is 0 Å². The van der Waals surface area contributed by atoms with Crippen molar-refractivity contribution in [3.8, 4) is 0 Å². The summed E-state index contributed by atoms with van der Waals surface area (Å²) in [6.45, 7) is 17.7. The first kappa shape index (κ1) is 28.8. The van der Waals surface area contributed by atoms with Crippen molar-refractivity contribution in [3.05, 3.63) is 18.1 Å². The molecule has 5 saturated carbocycles. The molecular formula is C34H57Y-. The van der Waals surface area contributed by atoms with Gasteiger partial charge in [-0.25, -0.2) is 0 Å². The Morgan fingerprint density at radius 3 is 2.20 bits per heavy atom. The third-order valence-electron chi connectivity index (χ3n) is 13.6. The summed E-state index contributed by atoms with van der Waals surface area (Å²) in [7, 11) is 0. The Morgan fingerprint density at radius 1 is 0.743 bits per heavy atom. The molecule has 0 aromatic rings. The Balaban J connectivity index is 0.000000940. The van der Waals surface area contributed by atoms with Gasteiger partial charge in [-0.05, 0) is 121 Å². The predicted octanol–water partition coefficient (Wildman–Crippen LogP) is 10.4. The van der Waals surface area contributed by atoms with Gasteiger partial charge in [-0.2, -0.15) is 12.8 Å². The molecule has 0 nitrogen and oxygen atoms in total. The summed E-state index contributed by atoms with van der Waals surface area (Å²) in [5, 5.41) is 0. The second-order valence-electron chi connectivity index (χ2n) is 14.9. The van der Waals surface area contributed by atoms with Crippen LogP contribution >= 0.6 is 0 Å². The Morgan fingerprint density at radius 2 is 1.49 bits per heavy atom.